The molecule has 33 heavy (non-hydrogen) atoms. The van der Waals surface area contributed by atoms with Gasteiger partial charge < -0.3 is 23.8 Å². The van der Waals surface area contributed by atoms with Crippen LogP contribution in [0, 0.1) is 6.92 Å². The smallest absolute Gasteiger partial charge is 0.338 e. The first-order valence-corrected chi connectivity index (χ1v) is 10.3. The molecule has 0 aliphatic heterocycles. The average molecular weight is 450 g/mol. The van der Waals surface area contributed by atoms with Crippen LogP contribution in [0.1, 0.15) is 21.5 Å². The number of nitrogens with zero attached hydrogens (tertiary/aromatic N) is 1. The third-order valence-corrected chi connectivity index (χ3v) is 5.03. The molecule has 1 amide bonds. The van der Waals surface area contributed by atoms with Crippen LogP contribution in [0.5, 0.6) is 17.2 Å². The molecule has 0 unspecified atom stereocenters. The number of benzene rings is 3. The Labute approximate surface area is 193 Å². The lowest BCUT2D eigenvalue weighted by Crippen LogP contribution is -2.34. The average Bonchev–Trinajstić information content (AvgIpc) is 2.85. The molecule has 0 fully saturated rings. The first kappa shape index (κ1) is 23.7. The summed E-state index contributed by atoms with van der Waals surface area (Å²) < 4.78 is 21.2. The van der Waals surface area contributed by atoms with Crippen LogP contribution in [-0.2, 0) is 16.1 Å². The molecule has 3 aromatic carbocycles. The van der Waals surface area contributed by atoms with Gasteiger partial charge in [0, 0.05) is 5.69 Å². The van der Waals surface area contributed by atoms with Gasteiger partial charge in [0.15, 0.2) is 18.1 Å². The van der Waals surface area contributed by atoms with E-state index in [1.807, 2.05) is 61.5 Å². The van der Waals surface area contributed by atoms with Crippen LogP contribution < -0.4 is 19.1 Å². The van der Waals surface area contributed by atoms with Gasteiger partial charge in [-0.2, -0.15) is 0 Å². The molecule has 0 aromatic heterocycles. The summed E-state index contributed by atoms with van der Waals surface area (Å²) in [5.41, 5.74) is 2.89. The zero-order valence-electron chi connectivity index (χ0n) is 19.2. The normalized spacial score (nSPS) is 10.3. The van der Waals surface area contributed by atoms with Crippen molar-refractivity contribution in [2.24, 2.45) is 0 Å². The minimum absolute atomic E-state index is 0.183. The van der Waals surface area contributed by atoms with E-state index in [2.05, 4.69) is 0 Å². The number of amides is 1. The van der Waals surface area contributed by atoms with Crippen molar-refractivity contribution in [2.45, 2.75) is 13.5 Å². The monoisotopic (exact) mass is 449 g/mol. The van der Waals surface area contributed by atoms with Crippen LogP contribution in [0.25, 0.3) is 0 Å². The number of aryl methyl sites for hydroxylation is 1. The van der Waals surface area contributed by atoms with E-state index in [-0.39, 0.29) is 11.5 Å². The van der Waals surface area contributed by atoms with Crippen LogP contribution in [0.2, 0.25) is 0 Å². The molecule has 7 nitrogen and oxygen atoms in total. The lowest BCUT2D eigenvalue weighted by atomic mass is 10.1. The van der Waals surface area contributed by atoms with Crippen LogP contribution >= 0.6 is 0 Å². The molecule has 172 valence electrons. The highest BCUT2D eigenvalue weighted by molar-refractivity contribution is 5.97. The molecule has 0 aliphatic rings. The summed E-state index contributed by atoms with van der Waals surface area (Å²) in [6.45, 7) is 1.89. The summed E-state index contributed by atoms with van der Waals surface area (Å²) in [4.78, 5) is 27.4. The second kappa shape index (κ2) is 11.0. The van der Waals surface area contributed by atoms with E-state index in [0.717, 1.165) is 16.8 Å². The number of anilines is 1. The highest BCUT2D eigenvalue weighted by atomic mass is 16.5. The van der Waals surface area contributed by atoms with Crippen LogP contribution in [0.3, 0.4) is 0 Å². The number of hydrogen-bond donors (Lipinski definition) is 0. The fourth-order valence-electron chi connectivity index (χ4n) is 3.37. The fraction of sp³-hybridized carbons (Fsp3) is 0.231. The van der Waals surface area contributed by atoms with Crippen LogP contribution in [-0.4, -0.2) is 39.8 Å². The third kappa shape index (κ3) is 5.83. The molecule has 0 aliphatic carbocycles. The summed E-state index contributed by atoms with van der Waals surface area (Å²) in [6, 6.07) is 20.2. The number of esters is 1. The van der Waals surface area contributed by atoms with Gasteiger partial charge >= 0.3 is 5.97 Å². The van der Waals surface area contributed by atoms with Gasteiger partial charge in [-0.1, -0.05) is 42.5 Å². The van der Waals surface area contributed by atoms with Crippen molar-refractivity contribution in [3.05, 3.63) is 83.4 Å². The Kier molecular flexibility index (Phi) is 7.91. The second-order valence-electron chi connectivity index (χ2n) is 7.29. The van der Waals surface area contributed by atoms with Gasteiger partial charge in [-0.15, -0.1) is 0 Å². The standard InChI is InChI=1S/C26H27NO6/c1-18-9-8-12-21(13-18)27(16-19-10-6-5-7-11-19)24(28)17-33-26(29)20-14-22(30-2)25(32-4)23(15-20)31-3/h5-15H,16-17H2,1-4H3. The molecule has 0 saturated heterocycles. The predicted octanol–water partition coefficient (Wildman–Crippen LogP) is 4.41. The van der Waals surface area contributed by atoms with Crippen molar-refractivity contribution in [3.63, 3.8) is 0 Å². The van der Waals surface area contributed by atoms with Gasteiger partial charge in [-0.05, 0) is 42.3 Å². The minimum Gasteiger partial charge on any atom is -0.493 e. The maximum atomic E-state index is 13.1. The van der Waals surface area contributed by atoms with Gasteiger partial charge in [0.05, 0.1) is 33.4 Å². The molecule has 0 heterocycles. The van der Waals surface area contributed by atoms with Gasteiger partial charge in [0.25, 0.3) is 5.91 Å². The van der Waals surface area contributed by atoms with Gasteiger partial charge in [0.1, 0.15) is 0 Å². The minimum atomic E-state index is -0.675. The molecule has 0 N–H and O–H groups in total. The Bertz CT molecular complexity index is 1090. The Morgan fingerprint density at radius 3 is 2.06 bits per heavy atom. The predicted molar refractivity (Wildman–Crippen MR) is 125 cm³/mol. The van der Waals surface area contributed by atoms with Gasteiger partial charge in [-0.3, -0.25) is 4.79 Å². The van der Waals surface area contributed by atoms with E-state index in [1.165, 1.54) is 33.5 Å². The molecule has 0 atom stereocenters. The highest BCUT2D eigenvalue weighted by Gasteiger charge is 2.21. The molecule has 7 heteroatoms. The van der Waals surface area contributed by atoms with E-state index in [4.69, 9.17) is 18.9 Å². The molecule has 0 spiro atoms. The topological polar surface area (TPSA) is 74.3 Å². The molecule has 0 saturated carbocycles. The molecule has 3 rings (SSSR count). The molecule has 3 aromatic rings. The quantitative estimate of drug-likeness (QED) is 0.451. The highest BCUT2D eigenvalue weighted by Crippen LogP contribution is 2.38. The summed E-state index contributed by atoms with van der Waals surface area (Å²) in [5, 5.41) is 0. The lowest BCUT2D eigenvalue weighted by molar-refractivity contribution is -0.121. The van der Waals surface area contributed by atoms with Gasteiger partial charge in [-0.25, -0.2) is 4.79 Å². The second-order valence-corrected chi connectivity index (χ2v) is 7.29. The lowest BCUT2D eigenvalue weighted by Gasteiger charge is -2.23. The van der Waals surface area contributed by atoms with Crippen molar-refractivity contribution >= 4 is 17.6 Å². The summed E-state index contributed by atoms with van der Waals surface area (Å²) >= 11 is 0. The van der Waals surface area contributed by atoms with Crippen molar-refractivity contribution in [2.75, 3.05) is 32.8 Å². The van der Waals surface area contributed by atoms with E-state index in [1.54, 1.807) is 4.90 Å². The molecule has 0 bridgehead atoms. The Balaban J connectivity index is 1.79. The molecular weight excluding hydrogens is 422 g/mol. The van der Waals surface area contributed by atoms with E-state index in [0.29, 0.717) is 23.8 Å². The molecular formula is C26H27NO6. The summed E-state index contributed by atoms with van der Waals surface area (Å²) in [7, 11) is 4.39. The SMILES string of the molecule is COc1cc(C(=O)OCC(=O)N(Cc2ccccc2)c2cccc(C)c2)cc(OC)c1OC. The number of methoxy groups -OCH3 is 3. The number of carbonyl (C=O) groups is 2. The summed E-state index contributed by atoms with van der Waals surface area (Å²) in [6.07, 6.45) is 0. The number of ether oxygens (including phenoxy) is 4. The van der Waals surface area contributed by atoms with Crippen LogP contribution in [0.15, 0.2) is 66.7 Å². The van der Waals surface area contributed by atoms with E-state index < -0.39 is 12.6 Å². The largest absolute Gasteiger partial charge is 0.493 e. The van der Waals surface area contributed by atoms with E-state index >= 15 is 0 Å². The zero-order valence-corrected chi connectivity index (χ0v) is 19.2. The van der Waals surface area contributed by atoms with Crippen LogP contribution in [0.4, 0.5) is 5.69 Å². The van der Waals surface area contributed by atoms with Crippen molar-refractivity contribution < 1.29 is 28.5 Å². The first-order valence-electron chi connectivity index (χ1n) is 10.3. The molecule has 0 radical (unpaired) electrons. The fourth-order valence-corrected chi connectivity index (χ4v) is 3.37. The first-order chi connectivity index (χ1) is 16.0. The number of hydrogen-bond acceptors (Lipinski definition) is 6. The zero-order chi connectivity index (χ0) is 23.8. The van der Waals surface area contributed by atoms with Crippen molar-refractivity contribution in [1.82, 2.24) is 0 Å². The van der Waals surface area contributed by atoms with Gasteiger partial charge in [0.2, 0.25) is 5.75 Å². The maximum Gasteiger partial charge on any atom is 0.338 e. The Morgan fingerprint density at radius 2 is 1.48 bits per heavy atom. The maximum absolute atomic E-state index is 13.1. The Morgan fingerprint density at radius 1 is 0.818 bits per heavy atom. The Hall–Kier alpha value is -4.00. The number of rotatable bonds is 9. The van der Waals surface area contributed by atoms with Crippen molar-refractivity contribution in [3.8, 4) is 17.2 Å². The third-order valence-electron chi connectivity index (χ3n) is 5.03. The van der Waals surface area contributed by atoms with E-state index in [9.17, 15) is 9.59 Å². The van der Waals surface area contributed by atoms with Crippen molar-refractivity contribution in [1.29, 1.82) is 0 Å². The number of carbonyl (C=O) groups excluding carboxylic acids is 2. The summed E-state index contributed by atoms with van der Waals surface area (Å²) in [5.74, 6) is -0.0148.